The van der Waals surface area contributed by atoms with Crippen molar-refractivity contribution in [1.29, 1.82) is 0 Å². The molecule has 0 aliphatic carbocycles. The number of hydrogen-bond acceptors (Lipinski definition) is 9. The molecule has 32 heavy (non-hydrogen) atoms. The third kappa shape index (κ3) is 4.83. The average molecular weight is 449 g/mol. The van der Waals surface area contributed by atoms with Gasteiger partial charge in [0.1, 0.15) is 0 Å². The van der Waals surface area contributed by atoms with Gasteiger partial charge in [-0.05, 0) is 41.9 Å². The number of aryl methyl sites for hydroxylation is 2. The number of nitrogen functional groups attached to an aromatic ring is 1. The molecule has 0 saturated carbocycles. The summed E-state index contributed by atoms with van der Waals surface area (Å²) >= 11 is 1.52. The maximum atomic E-state index is 12.8. The molecular weight excluding hydrogens is 428 g/mol. The van der Waals surface area contributed by atoms with Crippen molar-refractivity contribution in [3.63, 3.8) is 0 Å². The van der Waals surface area contributed by atoms with E-state index in [-0.39, 0.29) is 17.3 Å². The highest BCUT2D eigenvalue weighted by Gasteiger charge is 2.24. The van der Waals surface area contributed by atoms with Gasteiger partial charge in [-0.15, -0.1) is 16.9 Å². The van der Waals surface area contributed by atoms with Crippen LogP contribution in [0.2, 0.25) is 0 Å². The summed E-state index contributed by atoms with van der Waals surface area (Å²) < 4.78 is 6.03. The summed E-state index contributed by atoms with van der Waals surface area (Å²) in [6.45, 7) is 4.02. The molecule has 0 aliphatic heterocycles. The average Bonchev–Trinajstić information content (AvgIpc) is 3.40. The van der Waals surface area contributed by atoms with Gasteiger partial charge in [0.15, 0.2) is 5.69 Å². The van der Waals surface area contributed by atoms with Crippen molar-refractivity contribution in [3.8, 4) is 5.82 Å². The van der Waals surface area contributed by atoms with Gasteiger partial charge in [-0.2, -0.15) is 9.78 Å². The first-order chi connectivity index (χ1) is 15.5. The molecule has 2 aromatic heterocycles. The highest BCUT2D eigenvalue weighted by atomic mass is 32.2. The molecule has 2 heterocycles. The predicted molar refractivity (Wildman–Crippen MR) is 121 cm³/mol. The first-order valence-electron chi connectivity index (χ1n) is 9.64. The van der Waals surface area contributed by atoms with Crippen LogP contribution >= 0.6 is 11.8 Å². The maximum absolute atomic E-state index is 12.8. The summed E-state index contributed by atoms with van der Waals surface area (Å²) in [5.74, 6) is 0.0847. The van der Waals surface area contributed by atoms with Crippen molar-refractivity contribution in [2.24, 2.45) is 5.10 Å². The lowest BCUT2D eigenvalue weighted by atomic mass is 10.2. The minimum absolute atomic E-state index is 0.0424. The number of nitrogens with zero attached hydrogens (tertiary/aromatic N) is 6. The van der Waals surface area contributed by atoms with Crippen molar-refractivity contribution >= 4 is 29.7 Å². The van der Waals surface area contributed by atoms with Gasteiger partial charge < -0.3 is 5.73 Å². The first kappa shape index (κ1) is 21.2. The van der Waals surface area contributed by atoms with Crippen LogP contribution in [0.25, 0.3) is 5.82 Å². The van der Waals surface area contributed by atoms with E-state index in [9.17, 15) is 4.79 Å². The molecule has 0 aliphatic rings. The molecular formula is C21H20N8O2S. The minimum atomic E-state index is -0.505. The number of aromatic nitrogens is 5. The van der Waals surface area contributed by atoms with E-state index >= 15 is 0 Å². The number of anilines is 1. The standard InChI is InChI=1S/C21H20N8O2S/c1-13-3-7-15(8-4-13)11-23-25-21(30)18-17(12-32-16-9-5-14(2)6-10-16)29(28-24-18)20-19(22)26-31-27-20/h3-11H,12H2,1-2H3,(H2,22,26)(H,25,30)/b23-11+. The molecule has 10 nitrogen and oxygen atoms in total. The van der Waals surface area contributed by atoms with Crippen LogP contribution in [0, 0.1) is 13.8 Å². The molecule has 0 spiro atoms. The lowest BCUT2D eigenvalue weighted by Crippen LogP contribution is -2.20. The fourth-order valence-corrected chi connectivity index (χ4v) is 3.66. The van der Waals surface area contributed by atoms with Crippen LogP contribution < -0.4 is 11.2 Å². The largest absolute Gasteiger partial charge is 0.378 e. The van der Waals surface area contributed by atoms with Crippen LogP contribution in [0.4, 0.5) is 5.82 Å². The van der Waals surface area contributed by atoms with Gasteiger partial charge in [0, 0.05) is 10.6 Å². The third-order valence-electron chi connectivity index (χ3n) is 4.53. The van der Waals surface area contributed by atoms with Crippen molar-refractivity contribution < 1.29 is 9.42 Å². The summed E-state index contributed by atoms with van der Waals surface area (Å²) in [5, 5.41) is 19.4. The summed E-state index contributed by atoms with van der Waals surface area (Å²) in [7, 11) is 0. The Bertz CT molecular complexity index is 1250. The zero-order chi connectivity index (χ0) is 22.5. The molecule has 1 amide bonds. The monoisotopic (exact) mass is 448 g/mol. The number of thioether (sulfide) groups is 1. The van der Waals surface area contributed by atoms with E-state index < -0.39 is 5.91 Å². The number of benzene rings is 2. The Morgan fingerprint density at radius 3 is 2.47 bits per heavy atom. The molecule has 11 heteroatoms. The summed E-state index contributed by atoms with van der Waals surface area (Å²) in [5.41, 5.74) is 12.1. The van der Waals surface area contributed by atoms with Crippen LogP contribution in [0.15, 0.2) is 63.2 Å². The number of hydrazone groups is 1. The minimum Gasteiger partial charge on any atom is -0.378 e. The number of carbonyl (C=O) groups excluding carboxylic acids is 1. The van der Waals surface area contributed by atoms with E-state index in [1.54, 1.807) is 6.21 Å². The highest BCUT2D eigenvalue weighted by Crippen LogP contribution is 2.26. The second kappa shape index (κ2) is 9.43. The van der Waals surface area contributed by atoms with Crippen molar-refractivity contribution in [2.75, 3.05) is 5.73 Å². The Balaban J connectivity index is 1.56. The Kier molecular flexibility index (Phi) is 6.26. The van der Waals surface area contributed by atoms with Crippen LogP contribution in [-0.2, 0) is 5.75 Å². The second-order valence-corrected chi connectivity index (χ2v) is 8.03. The van der Waals surface area contributed by atoms with E-state index in [0.717, 1.165) is 21.6 Å². The van der Waals surface area contributed by atoms with E-state index in [0.29, 0.717) is 11.4 Å². The normalized spacial score (nSPS) is 11.2. The second-order valence-electron chi connectivity index (χ2n) is 6.98. The molecule has 0 bridgehead atoms. The molecule has 0 fully saturated rings. The quantitative estimate of drug-likeness (QED) is 0.250. The zero-order valence-electron chi connectivity index (χ0n) is 17.4. The SMILES string of the molecule is Cc1ccc(/C=N/NC(=O)c2nnn(-c3nonc3N)c2CSc2ccc(C)cc2)cc1. The fourth-order valence-electron chi connectivity index (χ4n) is 2.77. The molecule has 0 saturated heterocycles. The molecule has 0 radical (unpaired) electrons. The number of amides is 1. The fraction of sp³-hybridized carbons (Fsp3) is 0.143. The Labute approximate surface area is 187 Å². The summed E-state index contributed by atoms with van der Waals surface area (Å²) in [4.78, 5) is 13.8. The Hall–Kier alpha value is -3.99. The van der Waals surface area contributed by atoms with Gasteiger partial charge in [0.25, 0.3) is 5.91 Å². The van der Waals surface area contributed by atoms with E-state index in [4.69, 9.17) is 5.73 Å². The van der Waals surface area contributed by atoms with Crippen molar-refractivity contribution in [3.05, 3.63) is 76.6 Å². The van der Waals surface area contributed by atoms with Crippen LogP contribution in [-0.4, -0.2) is 37.4 Å². The van der Waals surface area contributed by atoms with Crippen LogP contribution in [0.5, 0.6) is 0 Å². The molecule has 162 valence electrons. The van der Waals surface area contributed by atoms with E-state index in [2.05, 4.69) is 35.8 Å². The molecule has 0 atom stereocenters. The summed E-state index contributed by atoms with van der Waals surface area (Å²) in [6.07, 6.45) is 1.56. The maximum Gasteiger partial charge on any atom is 0.293 e. The van der Waals surface area contributed by atoms with E-state index in [1.807, 2.05) is 62.4 Å². The molecule has 4 rings (SSSR count). The number of nitrogens with one attached hydrogen (secondary N) is 1. The molecule has 0 unspecified atom stereocenters. The summed E-state index contributed by atoms with van der Waals surface area (Å²) in [6, 6.07) is 15.8. The van der Waals surface area contributed by atoms with Crippen molar-refractivity contribution in [2.45, 2.75) is 24.5 Å². The van der Waals surface area contributed by atoms with Crippen LogP contribution in [0.1, 0.15) is 32.9 Å². The lowest BCUT2D eigenvalue weighted by Gasteiger charge is -2.06. The van der Waals surface area contributed by atoms with Crippen LogP contribution in [0.3, 0.4) is 0 Å². The first-order valence-corrected chi connectivity index (χ1v) is 10.6. The topological polar surface area (TPSA) is 137 Å². The number of carbonyl (C=O) groups is 1. The predicted octanol–water partition coefficient (Wildman–Crippen LogP) is 2.91. The Morgan fingerprint density at radius 2 is 1.81 bits per heavy atom. The molecule has 2 aromatic carbocycles. The number of nitrogens with two attached hydrogens (primary N) is 1. The van der Waals surface area contributed by atoms with Gasteiger partial charge in [0.05, 0.1) is 11.9 Å². The zero-order valence-corrected chi connectivity index (χ0v) is 18.2. The van der Waals surface area contributed by atoms with Gasteiger partial charge in [-0.3, -0.25) is 4.79 Å². The van der Waals surface area contributed by atoms with Gasteiger partial charge in [-0.1, -0.05) is 52.7 Å². The molecule has 3 N–H and O–H groups in total. The smallest absolute Gasteiger partial charge is 0.293 e. The van der Waals surface area contributed by atoms with E-state index in [1.165, 1.54) is 16.4 Å². The lowest BCUT2D eigenvalue weighted by molar-refractivity contribution is 0.0949. The number of hydrogen-bond donors (Lipinski definition) is 2. The highest BCUT2D eigenvalue weighted by molar-refractivity contribution is 7.98. The molecule has 4 aromatic rings. The number of rotatable bonds is 7. The Morgan fingerprint density at radius 1 is 1.12 bits per heavy atom. The third-order valence-corrected chi connectivity index (χ3v) is 5.55. The van der Waals surface area contributed by atoms with Crippen molar-refractivity contribution in [1.82, 2.24) is 30.7 Å². The van der Waals surface area contributed by atoms with Gasteiger partial charge in [-0.25, -0.2) is 10.1 Å². The van der Waals surface area contributed by atoms with Gasteiger partial charge >= 0.3 is 0 Å². The van der Waals surface area contributed by atoms with Gasteiger partial charge in [0.2, 0.25) is 11.6 Å².